The molecule has 3 rings (SSSR count). The van der Waals surface area contributed by atoms with E-state index in [-0.39, 0.29) is 0 Å². The van der Waals surface area contributed by atoms with Gasteiger partial charge in [0.05, 0.1) is 18.1 Å². The minimum absolute atomic E-state index is 0.362. The highest BCUT2D eigenvalue weighted by molar-refractivity contribution is 5.10. The highest BCUT2D eigenvalue weighted by Crippen LogP contribution is 2.38. The zero-order valence-electron chi connectivity index (χ0n) is 12.7. The summed E-state index contributed by atoms with van der Waals surface area (Å²) in [6.07, 6.45) is 12.0. The summed E-state index contributed by atoms with van der Waals surface area (Å²) in [5.41, 5.74) is 7.43. The Labute approximate surface area is 122 Å². The van der Waals surface area contributed by atoms with Gasteiger partial charge >= 0.3 is 0 Å². The second-order valence-corrected chi connectivity index (χ2v) is 6.48. The van der Waals surface area contributed by atoms with E-state index in [1.807, 2.05) is 12.5 Å². The Balaban J connectivity index is 1.66. The topological polar surface area (TPSA) is 47.1 Å². The molecule has 1 unspecified atom stereocenters. The summed E-state index contributed by atoms with van der Waals surface area (Å²) in [5, 5.41) is 0. The number of nitrogens with two attached hydrogens (primary N) is 1. The largest absolute Gasteiger partial charge is 0.330 e. The average molecular weight is 276 g/mol. The van der Waals surface area contributed by atoms with Crippen molar-refractivity contribution < 1.29 is 0 Å². The first-order valence-electron chi connectivity index (χ1n) is 8.29. The smallest absolute Gasteiger partial charge is 0.0951 e. The number of hydrogen-bond acceptors (Lipinski definition) is 3. The highest BCUT2D eigenvalue weighted by Gasteiger charge is 2.31. The Kier molecular flexibility index (Phi) is 4.41. The molecule has 1 saturated carbocycles. The van der Waals surface area contributed by atoms with Crippen molar-refractivity contribution in [3.8, 4) is 0 Å². The lowest BCUT2D eigenvalue weighted by Gasteiger charge is -2.37. The van der Waals surface area contributed by atoms with Crippen molar-refractivity contribution in [3.63, 3.8) is 0 Å². The summed E-state index contributed by atoms with van der Waals surface area (Å²) >= 11 is 0. The molecule has 2 N–H and O–H groups in total. The molecule has 20 heavy (non-hydrogen) atoms. The lowest BCUT2D eigenvalue weighted by Crippen LogP contribution is -2.40. The second kappa shape index (κ2) is 6.27. The second-order valence-electron chi connectivity index (χ2n) is 6.48. The Morgan fingerprint density at radius 2 is 2.05 bits per heavy atom. The third-order valence-electron chi connectivity index (χ3n) is 4.99. The lowest BCUT2D eigenvalue weighted by molar-refractivity contribution is 0.127. The Hall–Kier alpha value is -0.870. The molecule has 0 radical (unpaired) electrons. The average Bonchev–Trinajstić information content (AvgIpc) is 3.21. The fourth-order valence-electron chi connectivity index (χ4n) is 3.65. The van der Waals surface area contributed by atoms with Crippen LogP contribution in [0.2, 0.25) is 0 Å². The number of imidazole rings is 1. The summed E-state index contributed by atoms with van der Waals surface area (Å²) in [6, 6.07) is 1.06. The molecule has 2 fully saturated rings. The fourth-order valence-corrected chi connectivity index (χ4v) is 3.65. The zero-order valence-corrected chi connectivity index (χ0v) is 12.7. The third kappa shape index (κ3) is 2.91. The molecule has 1 aromatic rings. The molecule has 1 aromatic heterocycles. The normalized spacial score (nSPS) is 23.1. The van der Waals surface area contributed by atoms with Gasteiger partial charge in [0.2, 0.25) is 0 Å². The SMILES string of the molecule is CCCC1CCN(C(CN)c2cncn2C2CC2)CC1. The molecule has 2 heterocycles. The van der Waals surface area contributed by atoms with Crippen LogP contribution in [0.15, 0.2) is 12.5 Å². The molecule has 1 atom stereocenters. The van der Waals surface area contributed by atoms with Crippen LogP contribution >= 0.6 is 0 Å². The molecular formula is C16H28N4. The molecule has 2 aliphatic rings. The van der Waals surface area contributed by atoms with Gasteiger partial charge in [-0.25, -0.2) is 4.98 Å². The summed E-state index contributed by atoms with van der Waals surface area (Å²) in [5.74, 6) is 0.933. The van der Waals surface area contributed by atoms with E-state index in [2.05, 4.69) is 21.4 Å². The number of nitrogens with zero attached hydrogens (tertiary/aromatic N) is 3. The van der Waals surface area contributed by atoms with Crippen molar-refractivity contribution >= 4 is 0 Å². The van der Waals surface area contributed by atoms with Crippen LogP contribution in [0.3, 0.4) is 0 Å². The first kappa shape index (κ1) is 14.1. The molecule has 0 aromatic carbocycles. The van der Waals surface area contributed by atoms with Crippen LogP contribution in [0.5, 0.6) is 0 Å². The van der Waals surface area contributed by atoms with Gasteiger partial charge < -0.3 is 10.3 Å². The molecule has 0 bridgehead atoms. The quantitative estimate of drug-likeness (QED) is 0.869. The van der Waals surface area contributed by atoms with Crippen molar-refractivity contribution in [3.05, 3.63) is 18.2 Å². The number of hydrogen-bond donors (Lipinski definition) is 1. The predicted octanol–water partition coefficient (Wildman–Crippen LogP) is 2.73. The Morgan fingerprint density at radius 1 is 1.30 bits per heavy atom. The van der Waals surface area contributed by atoms with Gasteiger partial charge in [-0.3, -0.25) is 4.90 Å². The van der Waals surface area contributed by atoms with Crippen molar-refractivity contribution in [1.29, 1.82) is 0 Å². The van der Waals surface area contributed by atoms with E-state index < -0.39 is 0 Å². The third-order valence-corrected chi connectivity index (χ3v) is 4.99. The fraction of sp³-hybridized carbons (Fsp3) is 0.812. The van der Waals surface area contributed by atoms with Crippen molar-refractivity contribution in [2.24, 2.45) is 11.7 Å². The first-order valence-corrected chi connectivity index (χ1v) is 8.29. The van der Waals surface area contributed by atoms with Crippen LogP contribution in [0.25, 0.3) is 0 Å². The molecule has 112 valence electrons. The van der Waals surface area contributed by atoms with Gasteiger partial charge in [0.1, 0.15) is 0 Å². The maximum absolute atomic E-state index is 6.09. The van der Waals surface area contributed by atoms with Crippen LogP contribution in [0.4, 0.5) is 0 Å². The van der Waals surface area contributed by atoms with Gasteiger partial charge in [0.25, 0.3) is 0 Å². The van der Waals surface area contributed by atoms with E-state index in [1.165, 1.54) is 57.3 Å². The van der Waals surface area contributed by atoms with Crippen LogP contribution in [-0.4, -0.2) is 34.1 Å². The monoisotopic (exact) mass is 276 g/mol. The molecule has 0 spiro atoms. The first-order chi connectivity index (χ1) is 9.83. The van der Waals surface area contributed by atoms with Gasteiger partial charge in [0.15, 0.2) is 0 Å². The zero-order chi connectivity index (χ0) is 13.9. The van der Waals surface area contributed by atoms with E-state index in [0.29, 0.717) is 18.6 Å². The number of likely N-dealkylation sites (tertiary alicyclic amines) is 1. The summed E-state index contributed by atoms with van der Waals surface area (Å²) in [4.78, 5) is 6.96. The van der Waals surface area contributed by atoms with E-state index in [4.69, 9.17) is 5.73 Å². The molecule has 4 heteroatoms. The lowest BCUT2D eigenvalue weighted by atomic mass is 9.91. The molecule has 1 aliphatic heterocycles. The van der Waals surface area contributed by atoms with Crippen molar-refractivity contribution in [2.45, 2.75) is 57.5 Å². The predicted molar refractivity (Wildman–Crippen MR) is 81.5 cm³/mol. The Morgan fingerprint density at radius 3 is 2.65 bits per heavy atom. The van der Waals surface area contributed by atoms with Crippen LogP contribution in [-0.2, 0) is 0 Å². The van der Waals surface area contributed by atoms with E-state index in [9.17, 15) is 0 Å². The summed E-state index contributed by atoms with van der Waals surface area (Å²) < 4.78 is 2.37. The van der Waals surface area contributed by atoms with Gasteiger partial charge in [-0.05, 0) is 44.7 Å². The Bertz CT molecular complexity index is 416. The summed E-state index contributed by atoms with van der Waals surface area (Å²) in [7, 11) is 0. The molecule has 4 nitrogen and oxygen atoms in total. The van der Waals surface area contributed by atoms with Crippen molar-refractivity contribution in [2.75, 3.05) is 19.6 Å². The van der Waals surface area contributed by atoms with Crippen LogP contribution in [0.1, 0.15) is 63.2 Å². The minimum atomic E-state index is 0.362. The molecule has 1 saturated heterocycles. The maximum Gasteiger partial charge on any atom is 0.0951 e. The van der Waals surface area contributed by atoms with Gasteiger partial charge in [-0.1, -0.05) is 19.8 Å². The standard InChI is InChI=1S/C16H28N4/c1-2-3-13-6-8-19(9-7-13)15(10-17)16-11-18-12-20(16)14-4-5-14/h11-15H,2-10,17H2,1H3. The maximum atomic E-state index is 6.09. The van der Waals surface area contributed by atoms with E-state index in [0.717, 1.165) is 5.92 Å². The molecule has 0 amide bonds. The minimum Gasteiger partial charge on any atom is -0.330 e. The van der Waals surface area contributed by atoms with Crippen LogP contribution < -0.4 is 5.73 Å². The van der Waals surface area contributed by atoms with Crippen molar-refractivity contribution in [1.82, 2.24) is 14.5 Å². The number of piperidine rings is 1. The van der Waals surface area contributed by atoms with Crippen LogP contribution in [0, 0.1) is 5.92 Å². The van der Waals surface area contributed by atoms with E-state index in [1.54, 1.807) is 0 Å². The summed E-state index contributed by atoms with van der Waals surface area (Å²) in [6.45, 7) is 5.39. The highest BCUT2D eigenvalue weighted by atomic mass is 15.2. The molecular weight excluding hydrogens is 248 g/mol. The number of rotatable bonds is 6. The molecule has 1 aliphatic carbocycles. The van der Waals surface area contributed by atoms with Gasteiger partial charge in [-0.2, -0.15) is 0 Å². The number of aromatic nitrogens is 2. The van der Waals surface area contributed by atoms with E-state index >= 15 is 0 Å². The van der Waals surface area contributed by atoms with Gasteiger partial charge in [-0.15, -0.1) is 0 Å². The van der Waals surface area contributed by atoms with Gasteiger partial charge in [0, 0.05) is 18.8 Å².